The standard InChI is InChI=1S/C13H22O5S/c1-4-9-17-12(14)13(2)7-5-11(6-8-13)10-18-19(3,15)16/h4,11H,1,5-10H2,2-3H3. The van der Waals surface area contributed by atoms with Gasteiger partial charge in [0.25, 0.3) is 10.1 Å². The SMILES string of the molecule is C=CCOC(=O)C1(C)CCC(COS(C)(=O)=O)CC1. The Morgan fingerprint density at radius 3 is 2.47 bits per heavy atom. The van der Waals surface area contributed by atoms with Crippen molar-refractivity contribution in [3.8, 4) is 0 Å². The van der Waals surface area contributed by atoms with E-state index in [1.807, 2.05) is 6.92 Å². The Morgan fingerprint density at radius 1 is 1.42 bits per heavy atom. The summed E-state index contributed by atoms with van der Waals surface area (Å²) in [5.41, 5.74) is -0.468. The minimum absolute atomic E-state index is 0.190. The third-order valence-corrected chi connectivity index (χ3v) is 4.12. The topological polar surface area (TPSA) is 69.7 Å². The molecule has 0 unspecified atom stereocenters. The van der Waals surface area contributed by atoms with Crippen LogP contribution in [0.4, 0.5) is 0 Å². The van der Waals surface area contributed by atoms with Crippen molar-refractivity contribution in [1.29, 1.82) is 0 Å². The minimum Gasteiger partial charge on any atom is -0.461 e. The number of rotatable bonds is 6. The van der Waals surface area contributed by atoms with Crippen molar-refractivity contribution in [3.63, 3.8) is 0 Å². The van der Waals surface area contributed by atoms with Gasteiger partial charge >= 0.3 is 5.97 Å². The monoisotopic (exact) mass is 290 g/mol. The summed E-state index contributed by atoms with van der Waals surface area (Å²) in [5.74, 6) is -0.00937. The van der Waals surface area contributed by atoms with E-state index >= 15 is 0 Å². The van der Waals surface area contributed by atoms with Crippen molar-refractivity contribution in [2.45, 2.75) is 32.6 Å². The normalized spacial score (nSPS) is 27.8. The lowest BCUT2D eigenvalue weighted by molar-refractivity contribution is -0.156. The third-order valence-electron chi connectivity index (χ3n) is 3.55. The molecule has 0 saturated heterocycles. The highest BCUT2D eigenvalue weighted by Crippen LogP contribution is 2.39. The van der Waals surface area contributed by atoms with E-state index < -0.39 is 15.5 Å². The highest BCUT2D eigenvalue weighted by atomic mass is 32.2. The fourth-order valence-corrected chi connectivity index (χ4v) is 2.65. The molecule has 0 aliphatic heterocycles. The van der Waals surface area contributed by atoms with E-state index in [1.54, 1.807) is 6.08 Å². The van der Waals surface area contributed by atoms with Gasteiger partial charge in [-0.3, -0.25) is 8.98 Å². The predicted molar refractivity (Wildman–Crippen MR) is 72.0 cm³/mol. The molecular weight excluding hydrogens is 268 g/mol. The van der Waals surface area contributed by atoms with Gasteiger partial charge in [0.05, 0.1) is 18.3 Å². The molecule has 1 saturated carbocycles. The van der Waals surface area contributed by atoms with Crippen LogP contribution in [0.25, 0.3) is 0 Å². The van der Waals surface area contributed by atoms with Crippen LogP contribution in [0.2, 0.25) is 0 Å². The number of carbonyl (C=O) groups excluding carboxylic acids is 1. The molecule has 0 aromatic carbocycles. The lowest BCUT2D eigenvalue weighted by Crippen LogP contribution is -2.35. The lowest BCUT2D eigenvalue weighted by Gasteiger charge is -2.34. The lowest BCUT2D eigenvalue weighted by atomic mass is 9.72. The second-order valence-electron chi connectivity index (χ2n) is 5.38. The van der Waals surface area contributed by atoms with Crippen molar-refractivity contribution >= 4 is 16.1 Å². The van der Waals surface area contributed by atoms with Crippen LogP contribution >= 0.6 is 0 Å². The third kappa shape index (κ3) is 5.32. The molecule has 6 heteroatoms. The van der Waals surface area contributed by atoms with Crippen LogP contribution in [0.1, 0.15) is 32.6 Å². The van der Waals surface area contributed by atoms with Crippen LogP contribution < -0.4 is 0 Å². The highest BCUT2D eigenvalue weighted by Gasteiger charge is 2.38. The van der Waals surface area contributed by atoms with Crippen LogP contribution in [-0.4, -0.2) is 33.9 Å². The molecule has 1 fully saturated rings. The largest absolute Gasteiger partial charge is 0.461 e. The molecule has 1 aliphatic rings. The van der Waals surface area contributed by atoms with Crippen LogP contribution in [0.5, 0.6) is 0 Å². The van der Waals surface area contributed by atoms with E-state index in [4.69, 9.17) is 8.92 Å². The second kappa shape index (κ2) is 6.52. The van der Waals surface area contributed by atoms with Crippen molar-refractivity contribution < 1.29 is 22.1 Å². The maximum absolute atomic E-state index is 11.9. The summed E-state index contributed by atoms with van der Waals surface area (Å²) >= 11 is 0. The van der Waals surface area contributed by atoms with Crippen molar-refractivity contribution in [1.82, 2.24) is 0 Å². The molecule has 110 valence electrons. The van der Waals surface area contributed by atoms with Crippen LogP contribution in [-0.2, 0) is 23.8 Å². The van der Waals surface area contributed by atoms with Crippen molar-refractivity contribution in [2.75, 3.05) is 19.5 Å². The van der Waals surface area contributed by atoms with E-state index in [0.29, 0.717) is 12.8 Å². The maximum Gasteiger partial charge on any atom is 0.312 e. The Hall–Kier alpha value is -0.880. The van der Waals surface area contributed by atoms with E-state index in [0.717, 1.165) is 19.1 Å². The molecule has 0 spiro atoms. The molecular formula is C13H22O5S. The van der Waals surface area contributed by atoms with Crippen LogP contribution in [0, 0.1) is 11.3 Å². The Bertz CT molecular complexity index is 418. The van der Waals surface area contributed by atoms with Gasteiger partial charge in [-0.15, -0.1) is 0 Å². The molecule has 1 rings (SSSR count). The first-order valence-corrected chi connectivity index (χ1v) is 8.21. The fraction of sp³-hybridized carbons (Fsp3) is 0.769. The Kier molecular flexibility index (Phi) is 5.55. The first-order valence-electron chi connectivity index (χ1n) is 6.39. The zero-order chi connectivity index (χ0) is 14.5. The quantitative estimate of drug-likeness (QED) is 0.424. The molecule has 0 aromatic heterocycles. The average Bonchev–Trinajstić information content (AvgIpc) is 2.34. The van der Waals surface area contributed by atoms with Crippen LogP contribution in [0.15, 0.2) is 12.7 Å². The predicted octanol–water partition coefficient (Wildman–Crippen LogP) is 1.89. The van der Waals surface area contributed by atoms with E-state index in [2.05, 4.69) is 6.58 Å². The van der Waals surface area contributed by atoms with E-state index in [-0.39, 0.29) is 25.1 Å². The number of esters is 1. The smallest absolute Gasteiger partial charge is 0.312 e. The van der Waals surface area contributed by atoms with Crippen molar-refractivity contribution in [3.05, 3.63) is 12.7 Å². The van der Waals surface area contributed by atoms with Gasteiger partial charge in [-0.05, 0) is 38.5 Å². The minimum atomic E-state index is -3.38. The van der Waals surface area contributed by atoms with Gasteiger partial charge in [0.1, 0.15) is 6.61 Å². The molecule has 19 heavy (non-hydrogen) atoms. The molecule has 5 nitrogen and oxygen atoms in total. The van der Waals surface area contributed by atoms with Gasteiger partial charge in [0.15, 0.2) is 0 Å². The van der Waals surface area contributed by atoms with E-state index in [1.165, 1.54) is 0 Å². The van der Waals surface area contributed by atoms with Gasteiger partial charge in [-0.25, -0.2) is 0 Å². The molecule has 1 aliphatic carbocycles. The highest BCUT2D eigenvalue weighted by molar-refractivity contribution is 7.85. The Labute approximate surface area is 115 Å². The number of hydrogen-bond donors (Lipinski definition) is 0. The summed E-state index contributed by atoms with van der Waals surface area (Å²) in [6, 6.07) is 0. The zero-order valence-electron chi connectivity index (χ0n) is 11.6. The summed E-state index contributed by atoms with van der Waals surface area (Å²) in [6.45, 7) is 5.84. The second-order valence-corrected chi connectivity index (χ2v) is 7.02. The van der Waals surface area contributed by atoms with E-state index in [9.17, 15) is 13.2 Å². The van der Waals surface area contributed by atoms with Gasteiger partial charge in [-0.2, -0.15) is 8.42 Å². The zero-order valence-corrected chi connectivity index (χ0v) is 12.4. The maximum atomic E-state index is 11.9. The summed E-state index contributed by atoms with van der Waals surface area (Å²) in [6.07, 6.45) is 5.53. The molecule has 0 heterocycles. The number of hydrogen-bond acceptors (Lipinski definition) is 5. The summed E-state index contributed by atoms with van der Waals surface area (Å²) < 4.78 is 31.7. The molecule has 0 N–H and O–H groups in total. The van der Waals surface area contributed by atoms with Gasteiger partial charge in [-0.1, -0.05) is 12.7 Å². The molecule has 0 bridgehead atoms. The molecule has 0 radical (unpaired) electrons. The summed E-state index contributed by atoms with van der Waals surface area (Å²) in [4.78, 5) is 11.9. The average molecular weight is 290 g/mol. The van der Waals surface area contributed by atoms with Gasteiger partial charge < -0.3 is 4.74 Å². The Morgan fingerprint density at radius 2 is 2.00 bits per heavy atom. The van der Waals surface area contributed by atoms with Gasteiger partial charge in [0.2, 0.25) is 0 Å². The fourth-order valence-electron chi connectivity index (χ4n) is 2.21. The first-order chi connectivity index (χ1) is 8.77. The number of ether oxygens (including phenoxy) is 1. The first kappa shape index (κ1) is 16.2. The molecule has 0 atom stereocenters. The number of carbonyl (C=O) groups is 1. The van der Waals surface area contributed by atoms with Gasteiger partial charge in [0, 0.05) is 0 Å². The van der Waals surface area contributed by atoms with Crippen molar-refractivity contribution in [2.24, 2.45) is 11.3 Å². The summed E-state index contributed by atoms with van der Waals surface area (Å²) in [5, 5.41) is 0. The Balaban J connectivity index is 2.43. The van der Waals surface area contributed by atoms with Crippen LogP contribution in [0.3, 0.4) is 0 Å². The molecule has 0 amide bonds. The summed E-state index contributed by atoms with van der Waals surface area (Å²) in [7, 11) is -3.38. The molecule has 0 aromatic rings.